The van der Waals surface area contributed by atoms with Crippen LogP contribution in [0.25, 0.3) is 10.9 Å². The molecule has 0 fully saturated rings. The van der Waals surface area contributed by atoms with Gasteiger partial charge in [0.2, 0.25) is 0 Å². The maximum absolute atomic E-state index is 9.91. The highest BCUT2D eigenvalue weighted by molar-refractivity contribution is 5.96. The van der Waals surface area contributed by atoms with E-state index in [-0.39, 0.29) is 0 Å². The van der Waals surface area contributed by atoms with Crippen molar-refractivity contribution in [3.05, 3.63) is 23.4 Å². The Morgan fingerprint density at radius 2 is 2.27 bits per heavy atom. The molecule has 2 N–H and O–H groups in total. The summed E-state index contributed by atoms with van der Waals surface area (Å²) in [5, 5.41) is 11.1. The van der Waals surface area contributed by atoms with Crippen molar-refractivity contribution in [3.63, 3.8) is 0 Å². The molecule has 0 amide bonds. The molecular weight excluding hydrogens is 188 g/mol. The average Bonchev–Trinajstić information content (AvgIpc) is 2.73. The SMILES string of the molecule is Cc1c[nH]c2c(O)cc3c(c12)CCN3C. The summed E-state index contributed by atoms with van der Waals surface area (Å²) in [5.41, 5.74) is 4.63. The second-order valence-electron chi connectivity index (χ2n) is 4.29. The zero-order chi connectivity index (χ0) is 10.6. The van der Waals surface area contributed by atoms with Gasteiger partial charge in [0.15, 0.2) is 0 Å². The number of aryl methyl sites for hydroxylation is 1. The Morgan fingerprint density at radius 1 is 1.47 bits per heavy atom. The van der Waals surface area contributed by atoms with Gasteiger partial charge in [0.1, 0.15) is 5.75 Å². The highest BCUT2D eigenvalue weighted by Gasteiger charge is 2.21. The van der Waals surface area contributed by atoms with Crippen molar-refractivity contribution in [2.24, 2.45) is 0 Å². The summed E-state index contributed by atoms with van der Waals surface area (Å²) in [4.78, 5) is 5.33. The maximum atomic E-state index is 9.91. The van der Waals surface area contributed by atoms with E-state index in [0.717, 1.165) is 18.5 Å². The minimum Gasteiger partial charge on any atom is -0.506 e. The number of aromatic nitrogens is 1. The predicted molar refractivity (Wildman–Crippen MR) is 61.7 cm³/mol. The van der Waals surface area contributed by atoms with Gasteiger partial charge in [-0.1, -0.05) is 0 Å². The van der Waals surface area contributed by atoms with Crippen LogP contribution in [-0.2, 0) is 6.42 Å². The first kappa shape index (κ1) is 8.65. The second-order valence-corrected chi connectivity index (χ2v) is 4.29. The molecule has 0 bridgehead atoms. The van der Waals surface area contributed by atoms with Gasteiger partial charge < -0.3 is 15.0 Å². The van der Waals surface area contributed by atoms with Crippen LogP contribution in [-0.4, -0.2) is 23.7 Å². The van der Waals surface area contributed by atoms with E-state index in [1.807, 2.05) is 12.3 Å². The normalized spacial score (nSPS) is 14.9. The fraction of sp³-hybridized carbons (Fsp3) is 0.333. The number of aromatic hydroxyl groups is 1. The van der Waals surface area contributed by atoms with Gasteiger partial charge in [-0.3, -0.25) is 0 Å². The van der Waals surface area contributed by atoms with Crippen molar-refractivity contribution in [3.8, 4) is 5.75 Å². The molecule has 1 aliphatic rings. The van der Waals surface area contributed by atoms with Crippen LogP contribution < -0.4 is 4.90 Å². The lowest BCUT2D eigenvalue weighted by molar-refractivity contribution is 0.480. The van der Waals surface area contributed by atoms with Crippen molar-refractivity contribution < 1.29 is 5.11 Å². The number of likely N-dealkylation sites (N-methyl/N-ethyl adjacent to an activating group) is 1. The van der Waals surface area contributed by atoms with Crippen LogP contribution in [0.5, 0.6) is 5.75 Å². The lowest BCUT2D eigenvalue weighted by Gasteiger charge is -2.12. The van der Waals surface area contributed by atoms with Gasteiger partial charge in [-0.15, -0.1) is 0 Å². The molecule has 1 aliphatic heterocycles. The molecule has 0 radical (unpaired) electrons. The third kappa shape index (κ3) is 1.00. The molecule has 0 spiro atoms. The number of H-pyrrole nitrogens is 1. The van der Waals surface area contributed by atoms with Crippen molar-refractivity contribution >= 4 is 16.6 Å². The van der Waals surface area contributed by atoms with Crippen LogP contribution >= 0.6 is 0 Å². The zero-order valence-corrected chi connectivity index (χ0v) is 8.96. The van der Waals surface area contributed by atoms with E-state index in [1.54, 1.807) is 0 Å². The van der Waals surface area contributed by atoms with Crippen LogP contribution in [0.3, 0.4) is 0 Å². The van der Waals surface area contributed by atoms with E-state index in [9.17, 15) is 5.11 Å². The summed E-state index contributed by atoms with van der Waals surface area (Å²) in [6.45, 7) is 3.12. The Labute approximate surface area is 88.3 Å². The van der Waals surface area contributed by atoms with Gasteiger partial charge >= 0.3 is 0 Å². The second kappa shape index (κ2) is 2.69. The number of rotatable bonds is 0. The van der Waals surface area contributed by atoms with Crippen molar-refractivity contribution in [2.75, 3.05) is 18.5 Å². The fourth-order valence-electron chi connectivity index (χ4n) is 2.52. The summed E-state index contributed by atoms with van der Waals surface area (Å²) in [7, 11) is 2.07. The van der Waals surface area contributed by atoms with E-state index in [4.69, 9.17) is 0 Å². The van der Waals surface area contributed by atoms with Crippen molar-refractivity contribution in [1.82, 2.24) is 4.98 Å². The molecule has 15 heavy (non-hydrogen) atoms. The van der Waals surface area contributed by atoms with Crippen LogP contribution in [0.2, 0.25) is 0 Å². The molecule has 0 saturated heterocycles. The Kier molecular flexibility index (Phi) is 1.55. The van der Waals surface area contributed by atoms with E-state index < -0.39 is 0 Å². The van der Waals surface area contributed by atoms with Crippen LogP contribution in [0, 0.1) is 6.92 Å². The number of phenols is 1. The first-order valence-corrected chi connectivity index (χ1v) is 5.22. The Bertz CT molecular complexity index is 542. The molecule has 78 valence electrons. The van der Waals surface area contributed by atoms with Gasteiger partial charge in [-0.25, -0.2) is 0 Å². The number of nitrogens with zero attached hydrogens (tertiary/aromatic N) is 1. The lowest BCUT2D eigenvalue weighted by atomic mass is 10.0. The highest BCUT2D eigenvalue weighted by atomic mass is 16.3. The van der Waals surface area contributed by atoms with Crippen LogP contribution in [0.4, 0.5) is 5.69 Å². The minimum atomic E-state index is 0.352. The third-order valence-electron chi connectivity index (χ3n) is 3.33. The van der Waals surface area contributed by atoms with Crippen molar-refractivity contribution in [1.29, 1.82) is 0 Å². The standard InChI is InChI=1S/C12H14N2O/c1-7-6-13-12-10(15)5-9-8(11(7)12)3-4-14(9)2/h5-6,13,15H,3-4H2,1-2H3. The number of nitrogens with one attached hydrogen (secondary N) is 1. The Morgan fingerprint density at radius 3 is 3.07 bits per heavy atom. The number of anilines is 1. The number of hydrogen-bond acceptors (Lipinski definition) is 2. The van der Waals surface area contributed by atoms with Gasteiger partial charge in [0, 0.05) is 36.9 Å². The van der Waals surface area contributed by atoms with Gasteiger partial charge in [0.25, 0.3) is 0 Å². The summed E-state index contributed by atoms with van der Waals surface area (Å²) >= 11 is 0. The molecule has 0 aliphatic carbocycles. The molecule has 3 heteroatoms. The largest absolute Gasteiger partial charge is 0.506 e. The quantitative estimate of drug-likeness (QED) is 0.687. The van der Waals surface area contributed by atoms with Gasteiger partial charge in [-0.05, 0) is 24.5 Å². The van der Waals surface area contributed by atoms with Crippen LogP contribution in [0.1, 0.15) is 11.1 Å². The monoisotopic (exact) mass is 202 g/mol. The lowest BCUT2D eigenvalue weighted by Crippen LogP contribution is -2.12. The molecule has 2 aromatic rings. The Balaban J connectivity index is 2.46. The number of benzene rings is 1. The summed E-state index contributed by atoms with van der Waals surface area (Å²) in [5.74, 6) is 0.352. The summed E-state index contributed by atoms with van der Waals surface area (Å²) < 4.78 is 0. The number of aromatic amines is 1. The van der Waals surface area contributed by atoms with E-state index >= 15 is 0 Å². The summed E-state index contributed by atoms with van der Waals surface area (Å²) in [6, 6.07) is 1.86. The molecule has 0 atom stereocenters. The van der Waals surface area contributed by atoms with E-state index in [1.165, 1.54) is 22.2 Å². The van der Waals surface area contributed by atoms with E-state index in [0.29, 0.717) is 5.75 Å². The molecule has 1 aromatic carbocycles. The summed E-state index contributed by atoms with van der Waals surface area (Å²) in [6.07, 6.45) is 3.03. The topological polar surface area (TPSA) is 39.3 Å². The average molecular weight is 202 g/mol. The molecule has 2 heterocycles. The van der Waals surface area contributed by atoms with Gasteiger partial charge in [0.05, 0.1) is 5.52 Å². The van der Waals surface area contributed by atoms with Gasteiger partial charge in [-0.2, -0.15) is 0 Å². The number of phenolic OH excluding ortho intramolecular Hbond substituents is 1. The van der Waals surface area contributed by atoms with Crippen LogP contribution in [0.15, 0.2) is 12.3 Å². The maximum Gasteiger partial charge on any atom is 0.141 e. The van der Waals surface area contributed by atoms with Crippen molar-refractivity contribution in [2.45, 2.75) is 13.3 Å². The van der Waals surface area contributed by atoms with E-state index in [2.05, 4.69) is 23.9 Å². The first-order chi connectivity index (χ1) is 7.18. The highest BCUT2D eigenvalue weighted by Crippen LogP contribution is 2.39. The molecule has 3 nitrogen and oxygen atoms in total. The number of hydrogen-bond donors (Lipinski definition) is 2. The Hall–Kier alpha value is -1.64. The zero-order valence-electron chi connectivity index (χ0n) is 8.96. The fourth-order valence-corrected chi connectivity index (χ4v) is 2.52. The third-order valence-corrected chi connectivity index (χ3v) is 3.33. The predicted octanol–water partition coefficient (Wildman–Crippen LogP) is 2.17. The smallest absolute Gasteiger partial charge is 0.141 e. The molecule has 3 rings (SSSR count). The molecular formula is C12H14N2O. The molecule has 0 saturated carbocycles. The first-order valence-electron chi connectivity index (χ1n) is 5.22. The minimum absolute atomic E-state index is 0.352. The molecule has 0 unspecified atom stereocenters. The molecule has 1 aromatic heterocycles. The number of fused-ring (bicyclic) bond motifs is 3.